The number of ether oxygens (including phenoxy) is 1. The standard InChI is InChI=1S/C25H25NO2/c1-19(2)25(22-13-6-4-7-14-22,23-15-8-5-9-16-23)28-24(27)21-12-10-11-20(17-21)18-26-3/h4-17,26H,1,18H2,2-3H3. The Morgan fingerprint density at radius 1 is 0.929 bits per heavy atom. The van der Waals surface area contributed by atoms with E-state index in [1.807, 2.05) is 92.8 Å². The van der Waals surface area contributed by atoms with E-state index >= 15 is 0 Å². The number of carbonyl (C=O) groups excluding carboxylic acids is 1. The van der Waals surface area contributed by atoms with Crippen LogP contribution in [0.15, 0.2) is 97.1 Å². The average molecular weight is 371 g/mol. The Bertz CT molecular complexity index is 909. The summed E-state index contributed by atoms with van der Waals surface area (Å²) in [5.74, 6) is -0.381. The molecule has 28 heavy (non-hydrogen) atoms. The van der Waals surface area contributed by atoms with Gasteiger partial charge in [-0.25, -0.2) is 4.79 Å². The van der Waals surface area contributed by atoms with Gasteiger partial charge in [0.25, 0.3) is 0 Å². The second kappa shape index (κ2) is 8.68. The van der Waals surface area contributed by atoms with Crippen molar-refractivity contribution < 1.29 is 9.53 Å². The molecule has 1 N–H and O–H groups in total. The monoisotopic (exact) mass is 371 g/mol. The number of hydrogen-bond acceptors (Lipinski definition) is 3. The van der Waals surface area contributed by atoms with E-state index in [0.717, 1.165) is 22.3 Å². The van der Waals surface area contributed by atoms with Crippen LogP contribution in [-0.2, 0) is 16.9 Å². The minimum atomic E-state index is -1.06. The Hall–Kier alpha value is -3.17. The molecule has 0 aliphatic carbocycles. The van der Waals surface area contributed by atoms with E-state index in [-0.39, 0.29) is 5.97 Å². The normalized spacial score (nSPS) is 11.1. The molecule has 0 fully saturated rings. The fourth-order valence-corrected chi connectivity index (χ4v) is 3.42. The maximum absolute atomic E-state index is 13.2. The molecule has 142 valence electrons. The van der Waals surface area contributed by atoms with Crippen LogP contribution in [0.5, 0.6) is 0 Å². The Morgan fingerprint density at radius 2 is 1.50 bits per heavy atom. The maximum Gasteiger partial charge on any atom is 0.339 e. The highest BCUT2D eigenvalue weighted by Gasteiger charge is 2.39. The molecule has 0 bridgehead atoms. The van der Waals surface area contributed by atoms with Crippen molar-refractivity contribution in [2.24, 2.45) is 0 Å². The predicted octanol–water partition coefficient (Wildman–Crippen LogP) is 5.08. The third-order valence-electron chi connectivity index (χ3n) is 4.75. The van der Waals surface area contributed by atoms with Crippen molar-refractivity contribution in [2.45, 2.75) is 19.1 Å². The first-order valence-electron chi connectivity index (χ1n) is 9.32. The molecule has 0 amide bonds. The summed E-state index contributed by atoms with van der Waals surface area (Å²) in [7, 11) is 1.88. The number of rotatable bonds is 7. The first kappa shape index (κ1) is 19.6. The zero-order chi connectivity index (χ0) is 20.0. The van der Waals surface area contributed by atoms with Crippen LogP contribution in [0.3, 0.4) is 0 Å². The van der Waals surface area contributed by atoms with Gasteiger partial charge >= 0.3 is 5.97 Å². The second-order valence-corrected chi connectivity index (χ2v) is 6.81. The van der Waals surface area contributed by atoms with Crippen LogP contribution in [0.25, 0.3) is 0 Å². The summed E-state index contributed by atoms with van der Waals surface area (Å²) in [4.78, 5) is 13.2. The lowest BCUT2D eigenvalue weighted by atomic mass is 9.81. The highest BCUT2D eigenvalue weighted by atomic mass is 16.6. The van der Waals surface area contributed by atoms with Crippen molar-refractivity contribution in [3.05, 3.63) is 119 Å². The van der Waals surface area contributed by atoms with Crippen LogP contribution in [0.4, 0.5) is 0 Å². The van der Waals surface area contributed by atoms with Gasteiger partial charge in [-0.2, -0.15) is 0 Å². The van der Waals surface area contributed by atoms with Gasteiger partial charge in [-0.1, -0.05) is 79.4 Å². The summed E-state index contributed by atoms with van der Waals surface area (Å²) in [6.45, 7) is 6.77. The Balaban J connectivity index is 2.09. The van der Waals surface area contributed by atoms with Crippen LogP contribution in [0.1, 0.15) is 34.0 Å². The van der Waals surface area contributed by atoms with Gasteiger partial charge in [-0.15, -0.1) is 0 Å². The van der Waals surface area contributed by atoms with Gasteiger partial charge in [0.05, 0.1) is 5.56 Å². The van der Waals surface area contributed by atoms with E-state index in [2.05, 4.69) is 11.9 Å². The summed E-state index contributed by atoms with van der Waals surface area (Å²) in [5.41, 5.74) is 2.97. The Morgan fingerprint density at radius 3 is 2.00 bits per heavy atom. The molecule has 3 heteroatoms. The van der Waals surface area contributed by atoms with E-state index in [0.29, 0.717) is 12.1 Å². The molecule has 0 saturated heterocycles. The molecule has 0 aliphatic heterocycles. The molecular formula is C25H25NO2. The van der Waals surface area contributed by atoms with Gasteiger partial charge in [0.1, 0.15) is 0 Å². The van der Waals surface area contributed by atoms with Crippen molar-refractivity contribution in [1.29, 1.82) is 0 Å². The summed E-state index contributed by atoms with van der Waals surface area (Å²) in [6.07, 6.45) is 0. The van der Waals surface area contributed by atoms with E-state index in [4.69, 9.17) is 4.74 Å². The lowest BCUT2D eigenvalue weighted by Crippen LogP contribution is -2.35. The van der Waals surface area contributed by atoms with Crippen LogP contribution in [0.2, 0.25) is 0 Å². The van der Waals surface area contributed by atoms with Crippen molar-refractivity contribution in [2.75, 3.05) is 7.05 Å². The molecule has 0 spiro atoms. The predicted molar refractivity (Wildman–Crippen MR) is 113 cm³/mol. The molecule has 0 heterocycles. The van der Waals surface area contributed by atoms with Crippen LogP contribution >= 0.6 is 0 Å². The molecule has 3 rings (SSSR count). The molecular weight excluding hydrogens is 346 g/mol. The minimum absolute atomic E-state index is 0.381. The number of carbonyl (C=O) groups is 1. The average Bonchev–Trinajstić information content (AvgIpc) is 2.73. The third kappa shape index (κ3) is 3.90. The lowest BCUT2D eigenvalue weighted by Gasteiger charge is -2.35. The molecule has 0 aliphatic rings. The molecule has 0 atom stereocenters. The molecule has 0 unspecified atom stereocenters. The molecule has 0 radical (unpaired) electrons. The second-order valence-electron chi connectivity index (χ2n) is 6.81. The van der Waals surface area contributed by atoms with Gasteiger partial charge < -0.3 is 10.1 Å². The number of esters is 1. The topological polar surface area (TPSA) is 38.3 Å². The quantitative estimate of drug-likeness (QED) is 0.465. The maximum atomic E-state index is 13.2. The number of hydrogen-bond donors (Lipinski definition) is 1. The van der Waals surface area contributed by atoms with Crippen LogP contribution in [-0.4, -0.2) is 13.0 Å². The molecule has 3 aromatic carbocycles. The molecule has 0 saturated carbocycles. The minimum Gasteiger partial charge on any atom is -0.441 e. The van der Waals surface area contributed by atoms with Gasteiger partial charge in [0.2, 0.25) is 0 Å². The fraction of sp³-hybridized carbons (Fsp3) is 0.160. The first-order valence-corrected chi connectivity index (χ1v) is 9.32. The summed E-state index contributed by atoms with van der Waals surface area (Å²) in [5, 5.41) is 3.10. The van der Waals surface area contributed by atoms with Gasteiger partial charge in [0, 0.05) is 17.7 Å². The summed E-state index contributed by atoms with van der Waals surface area (Å²) in [6, 6.07) is 27.0. The number of nitrogens with one attached hydrogen (secondary N) is 1. The smallest absolute Gasteiger partial charge is 0.339 e. The van der Waals surface area contributed by atoms with E-state index < -0.39 is 5.60 Å². The van der Waals surface area contributed by atoms with Gasteiger partial charge in [-0.05, 0) is 37.2 Å². The highest BCUT2D eigenvalue weighted by Crippen LogP contribution is 2.40. The SMILES string of the molecule is C=C(C)C(OC(=O)c1cccc(CNC)c1)(c1ccccc1)c1ccccc1. The van der Waals surface area contributed by atoms with Crippen LogP contribution in [0, 0.1) is 0 Å². The molecule has 0 aromatic heterocycles. The fourth-order valence-electron chi connectivity index (χ4n) is 3.42. The van der Waals surface area contributed by atoms with Gasteiger partial charge in [-0.3, -0.25) is 0 Å². The largest absolute Gasteiger partial charge is 0.441 e. The lowest BCUT2D eigenvalue weighted by molar-refractivity contribution is 0.0128. The van der Waals surface area contributed by atoms with Crippen molar-refractivity contribution in [3.63, 3.8) is 0 Å². The summed E-state index contributed by atoms with van der Waals surface area (Å²) < 4.78 is 6.23. The highest BCUT2D eigenvalue weighted by molar-refractivity contribution is 5.90. The summed E-state index contributed by atoms with van der Waals surface area (Å²) >= 11 is 0. The van der Waals surface area contributed by atoms with E-state index in [9.17, 15) is 4.79 Å². The Labute approximate surface area is 166 Å². The molecule has 3 aromatic rings. The zero-order valence-corrected chi connectivity index (χ0v) is 16.3. The van der Waals surface area contributed by atoms with Crippen molar-refractivity contribution in [1.82, 2.24) is 5.32 Å². The van der Waals surface area contributed by atoms with Crippen LogP contribution < -0.4 is 5.32 Å². The van der Waals surface area contributed by atoms with E-state index in [1.165, 1.54) is 0 Å². The zero-order valence-electron chi connectivity index (χ0n) is 16.3. The van der Waals surface area contributed by atoms with Gasteiger partial charge in [0.15, 0.2) is 5.60 Å². The Kier molecular flexibility index (Phi) is 6.07. The number of benzene rings is 3. The van der Waals surface area contributed by atoms with Crippen molar-refractivity contribution in [3.8, 4) is 0 Å². The third-order valence-corrected chi connectivity index (χ3v) is 4.75. The van der Waals surface area contributed by atoms with Crippen molar-refractivity contribution >= 4 is 5.97 Å². The molecule has 3 nitrogen and oxygen atoms in total. The first-order chi connectivity index (χ1) is 13.6. The van der Waals surface area contributed by atoms with E-state index in [1.54, 1.807) is 6.07 Å².